The SMILES string of the molecule is O[C@@H]1[C@H](O)[C@@H](O)C[C@H]1n1nnc2c(Cl)nc(SCC3CC3)nc21. The summed E-state index contributed by atoms with van der Waals surface area (Å²) in [5, 5.41) is 38.3. The van der Waals surface area contributed by atoms with Gasteiger partial charge >= 0.3 is 0 Å². The van der Waals surface area contributed by atoms with Gasteiger partial charge in [0, 0.05) is 12.2 Å². The van der Waals surface area contributed by atoms with E-state index >= 15 is 0 Å². The fraction of sp³-hybridized carbons (Fsp3) is 0.692. The van der Waals surface area contributed by atoms with Crippen molar-refractivity contribution in [3.05, 3.63) is 5.15 Å². The molecule has 2 aromatic heterocycles. The van der Waals surface area contributed by atoms with Crippen molar-refractivity contribution >= 4 is 34.5 Å². The van der Waals surface area contributed by atoms with E-state index in [1.807, 2.05) is 0 Å². The van der Waals surface area contributed by atoms with Crippen LogP contribution in [0.25, 0.3) is 11.2 Å². The molecular formula is C13H16ClN5O3S. The first-order valence-corrected chi connectivity index (χ1v) is 8.86. The van der Waals surface area contributed by atoms with Crippen LogP contribution in [0.3, 0.4) is 0 Å². The van der Waals surface area contributed by atoms with Gasteiger partial charge in [0.05, 0.1) is 12.1 Å². The van der Waals surface area contributed by atoms with Gasteiger partial charge < -0.3 is 15.3 Å². The average molecular weight is 358 g/mol. The quantitative estimate of drug-likeness (QED) is 0.409. The molecule has 3 N–H and O–H groups in total. The standard InChI is InChI=1S/C13H16ClN5O3S/c14-11-8-12(16-13(15-11)23-4-5-1-2-5)19(18-17-8)6-3-7(20)10(22)9(6)21/h5-7,9-10,20-22H,1-4H2/t6-,7+,9+,10-/m1/s1. The summed E-state index contributed by atoms with van der Waals surface area (Å²) in [6.07, 6.45) is -0.687. The lowest BCUT2D eigenvalue weighted by Crippen LogP contribution is -2.31. The number of hydrogen-bond acceptors (Lipinski definition) is 8. The normalized spacial score (nSPS) is 31.1. The minimum atomic E-state index is -1.21. The zero-order chi connectivity index (χ0) is 16.1. The summed E-state index contributed by atoms with van der Waals surface area (Å²) in [5.41, 5.74) is 0.763. The Morgan fingerprint density at radius 1 is 1.17 bits per heavy atom. The van der Waals surface area contributed by atoms with Crippen LogP contribution in [0.5, 0.6) is 0 Å². The van der Waals surface area contributed by atoms with Gasteiger partial charge in [-0.2, -0.15) is 0 Å². The number of rotatable bonds is 4. The molecule has 0 aliphatic heterocycles. The summed E-state index contributed by atoms with van der Waals surface area (Å²) >= 11 is 7.71. The van der Waals surface area contributed by atoms with E-state index in [-0.39, 0.29) is 11.6 Å². The second-order valence-electron chi connectivity index (χ2n) is 6.11. The number of thioether (sulfide) groups is 1. The highest BCUT2D eigenvalue weighted by Gasteiger charge is 2.43. The Kier molecular flexibility index (Phi) is 3.93. The highest BCUT2D eigenvalue weighted by molar-refractivity contribution is 7.99. The van der Waals surface area contributed by atoms with E-state index in [1.165, 1.54) is 29.3 Å². The molecule has 4 atom stereocenters. The Morgan fingerprint density at radius 3 is 2.61 bits per heavy atom. The van der Waals surface area contributed by atoms with Crippen molar-refractivity contribution in [2.24, 2.45) is 5.92 Å². The monoisotopic (exact) mass is 357 g/mol. The van der Waals surface area contributed by atoms with Crippen molar-refractivity contribution < 1.29 is 15.3 Å². The van der Waals surface area contributed by atoms with Gasteiger partial charge in [0.15, 0.2) is 21.5 Å². The molecule has 8 nitrogen and oxygen atoms in total. The van der Waals surface area contributed by atoms with E-state index in [2.05, 4.69) is 20.3 Å². The summed E-state index contributed by atoms with van der Waals surface area (Å²) in [4.78, 5) is 8.69. The van der Waals surface area contributed by atoms with E-state index in [0.717, 1.165) is 11.7 Å². The molecule has 10 heteroatoms. The van der Waals surface area contributed by atoms with Crippen molar-refractivity contribution in [3.63, 3.8) is 0 Å². The van der Waals surface area contributed by atoms with Crippen LogP contribution in [0.15, 0.2) is 5.16 Å². The van der Waals surface area contributed by atoms with Crippen LogP contribution in [-0.2, 0) is 0 Å². The minimum Gasteiger partial charge on any atom is -0.390 e. The lowest BCUT2D eigenvalue weighted by Gasteiger charge is -2.16. The molecule has 2 heterocycles. The van der Waals surface area contributed by atoms with E-state index in [0.29, 0.717) is 16.3 Å². The fourth-order valence-corrected chi connectivity index (χ4v) is 4.05. The summed E-state index contributed by atoms with van der Waals surface area (Å²) in [5.74, 6) is 1.68. The molecule has 2 aliphatic carbocycles. The summed E-state index contributed by atoms with van der Waals surface area (Å²) in [6.45, 7) is 0. The van der Waals surface area contributed by atoms with Crippen LogP contribution in [0, 0.1) is 5.92 Å². The van der Waals surface area contributed by atoms with Crippen LogP contribution < -0.4 is 0 Å². The molecule has 0 bridgehead atoms. The van der Waals surface area contributed by atoms with Crippen LogP contribution in [-0.4, -0.2) is 64.3 Å². The van der Waals surface area contributed by atoms with Gasteiger partial charge in [-0.25, -0.2) is 14.6 Å². The molecule has 0 aromatic carbocycles. The molecular weight excluding hydrogens is 342 g/mol. The van der Waals surface area contributed by atoms with Crippen molar-refractivity contribution in [2.75, 3.05) is 5.75 Å². The number of halogens is 1. The third-order valence-corrected chi connectivity index (χ3v) is 5.68. The maximum Gasteiger partial charge on any atom is 0.191 e. The molecule has 124 valence electrons. The van der Waals surface area contributed by atoms with E-state index in [1.54, 1.807) is 0 Å². The smallest absolute Gasteiger partial charge is 0.191 e. The average Bonchev–Trinajstić information content (AvgIpc) is 3.21. The van der Waals surface area contributed by atoms with Gasteiger partial charge in [-0.3, -0.25) is 0 Å². The first-order valence-electron chi connectivity index (χ1n) is 7.50. The van der Waals surface area contributed by atoms with Crippen LogP contribution in [0.4, 0.5) is 0 Å². The molecule has 0 saturated heterocycles. The Morgan fingerprint density at radius 2 is 1.96 bits per heavy atom. The van der Waals surface area contributed by atoms with Crippen LogP contribution >= 0.6 is 23.4 Å². The highest BCUT2D eigenvalue weighted by atomic mass is 35.5. The molecule has 2 saturated carbocycles. The lowest BCUT2D eigenvalue weighted by molar-refractivity contribution is -0.0253. The Hall–Kier alpha value is -1.00. The van der Waals surface area contributed by atoms with Crippen LogP contribution in [0.2, 0.25) is 5.15 Å². The molecule has 4 rings (SSSR count). The predicted molar refractivity (Wildman–Crippen MR) is 83.3 cm³/mol. The largest absolute Gasteiger partial charge is 0.390 e. The number of hydrogen-bond donors (Lipinski definition) is 3. The van der Waals surface area contributed by atoms with Gasteiger partial charge in [-0.1, -0.05) is 28.6 Å². The molecule has 0 radical (unpaired) electrons. The van der Waals surface area contributed by atoms with Crippen LogP contribution in [0.1, 0.15) is 25.3 Å². The number of aliphatic hydroxyl groups is 3. The topological polar surface area (TPSA) is 117 Å². The van der Waals surface area contributed by atoms with E-state index in [9.17, 15) is 15.3 Å². The van der Waals surface area contributed by atoms with E-state index < -0.39 is 24.4 Å². The van der Waals surface area contributed by atoms with Gasteiger partial charge in [-0.05, 0) is 18.8 Å². The Labute approximate surface area is 140 Å². The maximum absolute atomic E-state index is 10.1. The van der Waals surface area contributed by atoms with Gasteiger partial charge in [0.1, 0.15) is 12.2 Å². The van der Waals surface area contributed by atoms with Gasteiger partial charge in [0.25, 0.3) is 0 Å². The molecule has 23 heavy (non-hydrogen) atoms. The molecule has 2 aliphatic rings. The molecule has 2 aromatic rings. The minimum absolute atomic E-state index is 0.174. The van der Waals surface area contributed by atoms with Gasteiger partial charge in [-0.15, -0.1) is 5.10 Å². The van der Waals surface area contributed by atoms with Gasteiger partial charge in [0.2, 0.25) is 0 Å². The zero-order valence-corrected chi connectivity index (χ0v) is 13.7. The molecule has 0 amide bonds. The Bertz CT molecular complexity index is 740. The fourth-order valence-electron chi connectivity index (χ4n) is 2.77. The van der Waals surface area contributed by atoms with E-state index in [4.69, 9.17) is 11.6 Å². The second-order valence-corrected chi connectivity index (χ2v) is 7.45. The third kappa shape index (κ3) is 2.80. The number of nitrogens with zero attached hydrogens (tertiary/aromatic N) is 5. The number of aliphatic hydroxyl groups excluding tert-OH is 3. The summed E-state index contributed by atoms with van der Waals surface area (Å²) < 4.78 is 1.42. The van der Waals surface area contributed by atoms with Crippen molar-refractivity contribution in [3.8, 4) is 0 Å². The first-order chi connectivity index (χ1) is 11.0. The second kappa shape index (κ2) is 5.82. The number of fused-ring (bicyclic) bond motifs is 1. The first kappa shape index (κ1) is 15.5. The lowest BCUT2D eigenvalue weighted by atomic mass is 10.2. The van der Waals surface area contributed by atoms with Crippen molar-refractivity contribution in [2.45, 2.75) is 48.8 Å². The maximum atomic E-state index is 10.1. The summed E-state index contributed by atoms with van der Waals surface area (Å²) in [7, 11) is 0. The third-order valence-electron chi connectivity index (χ3n) is 4.34. The van der Waals surface area contributed by atoms with Crippen molar-refractivity contribution in [1.82, 2.24) is 25.0 Å². The summed E-state index contributed by atoms with van der Waals surface area (Å²) in [6, 6.07) is -0.600. The zero-order valence-electron chi connectivity index (χ0n) is 12.1. The molecule has 0 unspecified atom stereocenters. The van der Waals surface area contributed by atoms with Crippen molar-refractivity contribution in [1.29, 1.82) is 0 Å². The predicted octanol–water partition coefficient (Wildman–Crippen LogP) is 0.404. The number of aromatic nitrogens is 5. The molecule has 0 spiro atoms. The Balaban J connectivity index is 1.69. The molecule has 2 fully saturated rings. The highest BCUT2D eigenvalue weighted by Crippen LogP contribution is 2.36.